The minimum absolute atomic E-state index is 0.196. The molecule has 2 aromatic carbocycles. The number of hydrogen-bond donors (Lipinski definition) is 0. The van der Waals surface area contributed by atoms with Gasteiger partial charge in [0, 0.05) is 16.7 Å². The minimum atomic E-state index is -3.43. The SMILES string of the molecule is COc1cc(C(=O)N(c2ccc(F)cc2)[C@H]2C=CS(=O)(=O)C2)cc(OC)c1OC. The second-order valence-electron chi connectivity index (χ2n) is 6.29. The standard InChI is InChI=1S/C20H20FNO6S/c1-26-17-10-13(11-18(27-2)19(17)28-3)20(23)22(15-6-4-14(21)5-7-15)16-8-9-29(24,25)12-16/h4-11,16H,12H2,1-3H3/t16-/m0/s1. The first-order valence-electron chi connectivity index (χ1n) is 8.59. The van der Waals surface area contributed by atoms with Crippen LogP contribution in [0.25, 0.3) is 0 Å². The van der Waals surface area contributed by atoms with Crippen molar-refractivity contribution in [2.24, 2.45) is 0 Å². The molecule has 1 amide bonds. The molecule has 3 rings (SSSR count). The molecule has 7 nitrogen and oxygen atoms in total. The predicted molar refractivity (Wildman–Crippen MR) is 106 cm³/mol. The van der Waals surface area contributed by atoms with Crippen LogP contribution in [0.3, 0.4) is 0 Å². The van der Waals surface area contributed by atoms with E-state index in [-0.39, 0.29) is 22.8 Å². The van der Waals surface area contributed by atoms with Crippen molar-refractivity contribution in [3.8, 4) is 17.2 Å². The molecule has 29 heavy (non-hydrogen) atoms. The quantitative estimate of drug-likeness (QED) is 0.713. The van der Waals surface area contributed by atoms with E-state index in [2.05, 4.69) is 0 Å². The zero-order valence-corrected chi connectivity index (χ0v) is 16.9. The Balaban J connectivity index is 2.10. The van der Waals surface area contributed by atoms with E-state index in [1.807, 2.05) is 0 Å². The summed E-state index contributed by atoms with van der Waals surface area (Å²) < 4.78 is 53.1. The summed E-state index contributed by atoms with van der Waals surface area (Å²) in [7, 11) is 0.871. The van der Waals surface area contributed by atoms with E-state index in [9.17, 15) is 17.6 Å². The fourth-order valence-electron chi connectivity index (χ4n) is 3.12. The van der Waals surface area contributed by atoms with Gasteiger partial charge in [-0.25, -0.2) is 12.8 Å². The second-order valence-corrected chi connectivity index (χ2v) is 8.22. The number of hydrogen-bond acceptors (Lipinski definition) is 6. The Morgan fingerprint density at radius 3 is 2.07 bits per heavy atom. The molecule has 0 saturated carbocycles. The molecule has 1 aliphatic rings. The number of nitrogens with zero attached hydrogens (tertiary/aromatic N) is 1. The number of carbonyl (C=O) groups is 1. The number of halogens is 1. The van der Waals surface area contributed by atoms with Crippen LogP contribution in [0.5, 0.6) is 17.2 Å². The molecule has 2 aromatic rings. The van der Waals surface area contributed by atoms with Gasteiger partial charge in [-0.2, -0.15) is 0 Å². The zero-order valence-electron chi connectivity index (χ0n) is 16.1. The van der Waals surface area contributed by atoms with Gasteiger partial charge in [0.05, 0.1) is 33.1 Å². The summed E-state index contributed by atoms with van der Waals surface area (Å²) in [6.07, 6.45) is 1.44. The Morgan fingerprint density at radius 1 is 1.03 bits per heavy atom. The molecule has 9 heteroatoms. The fraction of sp³-hybridized carbons (Fsp3) is 0.250. The van der Waals surface area contributed by atoms with Crippen molar-refractivity contribution in [2.45, 2.75) is 6.04 Å². The van der Waals surface area contributed by atoms with Crippen molar-refractivity contribution in [1.29, 1.82) is 0 Å². The van der Waals surface area contributed by atoms with Gasteiger partial charge in [-0.3, -0.25) is 4.79 Å². The summed E-state index contributed by atoms with van der Waals surface area (Å²) in [5.41, 5.74) is 0.554. The van der Waals surface area contributed by atoms with E-state index in [1.165, 1.54) is 68.7 Å². The van der Waals surface area contributed by atoms with Crippen molar-refractivity contribution in [3.63, 3.8) is 0 Å². The maximum atomic E-state index is 13.4. The normalized spacial score (nSPS) is 17.0. The predicted octanol–water partition coefficient (Wildman–Crippen LogP) is 2.81. The molecule has 0 N–H and O–H groups in total. The number of benzene rings is 2. The van der Waals surface area contributed by atoms with Gasteiger partial charge in [0.2, 0.25) is 5.75 Å². The number of ether oxygens (including phenoxy) is 3. The number of amides is 1. The third-order valence-corrected chi connectivity index (χ3v) is 5.86. The van der Waals surface area contributed by atoms with E-state index in [1.54, 1.807) is 0 Å². The van der Waals surface area contributed by atoms with E-state index in [0.717, 1.165) is 5.41 Å². The van der Waals surface area contributed by atoms with E-state index in [0.29, 0.717) is 11.4 Å². The second kappa shape index (κ2) is 8.12. The molecule has 0 fully saturated rings. The Morgan fingerprint density at radius 2 is 1.62 bits per heavy atom. The summed E-state index contributed by atoms with van der Waals surface area (Å²) >= 11 is 0. The third kappa shape index (κ3) is 4.19. The highest BCUT2D eigenvalue weighted by Crippen LogP contribution is 2.39. The lowest BCUT2D eigenvalue weighted by Crippen LogP contribution is -2.41. The number of carbonyl (C=O) groups excluding carboxylic acids is 1. The Hall–Kier alpha value is -3.07. The third-order valence-electron chi connectivity index (χ3n) is 4.48. The summed E-state index contributed by atoms with van der Waals surface area (Å²) in [6.45, 7) is 0. The molecule has 154 valence electrons. The average Bonchev–Trinajstić information content (AvgIpc) is 3.07. The van der Waals surface area contributed by atoms with Crippen LogP contribution in [-0.4, -0.2) is 47.4 Å². The summed E-state index contributed by atoms with van der Waals surface area (Å²) in [4.78, 5) is 14.7. The monoisotopic (exact) mass is 421 g/mol. The zero-order chi connectivity index (χ0) is 21.2. The van der Waals surface area contributed by atoms with Crippen molar-refractivity contribution in [1.82, 2.24) is 0 Å². The molecule has 0 unspecified atom stereocenters. The summed E-state index contributed by atoms with van der Waals surface area (Å²) in [5.74, 6) is -0.345. The number of methoxy groups -OCH3 is 3. The molecule has 1 atom stereocenters. The average molecular weight is 421 g/mol. The van der Waals surface area contributed by atoms with Crippen molar-refractivity contribution < 1.29 is 31.8 Å². The molecule has 0 saturated heterocycles. The molecule has 0 radical (unpaired) electrons. The van der Waals surface area contributed by atoms with E-state index in [4.69, 9.17) is 14.2 Å². The van der Waals surface area contributed by atoms with Crippen LogP contribution >= 0.6 is 0 Å². The number of sulfone groups is 1. The summed E-state index contributed by atoms with van der Waals surface area (Å²) in [6, 6.07) is 7.47. The maximum Gasteiger partial charge on any atom is 0.259 e. The lowest BCUT2D eigenvalue weighted by molar-refractivity contribution is 0.0982. The largest absolute Gasteiger partial charge is 0.493 e. The van der Waals surface area contributed by atoms with Gasteiger partial charge in [0.25, 0.3) is 5.91 Å². The van der Waals surface area contributed by atoms with Gasteiger partial charge in [-0.05, 0) is 42.5 Å². The maximum absolute atomic E-state index is 13.4. The highest BCUT2D eigenvalue weighted by Gasteiger charge is 2.33. The Labute approximate surface area is 168 Å². The lowest BCUT2D eigenvalue weighted by atomic mass is 10.1. The van der Waals surface area contributed by atoms with Crippen LogP contribution in [0, 0.1) is 5.82 Å². The molecule has 1 heterocycles. The van der Waals surface area contributed by atoms with Gasteiger partial charge in [-0.15, -0.1) is 0 Å². The molecule has 0 aromatic heterocycles. The molecule has 0 bridgehead atoms. The van der Waals surface area contributed by atoms with Crippen molar-refractivity contribution in [3.05, 3.63) is 59.3 Å². The van der Waals surface area contributed by atoms with Crippen LogP contribution in [0.2, 0.25) is 0 Å². The molecule has 0 aliphatic carbocycles. The fourth-order valence-corrected chi connectivity index (χ4v) is 4.39. The highest BCUT2D eigenvalue weighted by molar-refractivity contribution is 7.94. The molecule has 0 spiro atoms. The highest BCUT2D eigenvalue weighted by atomic mass is 32.2. The Bertz CT molecular complexity index is 1020. The lowest BCUT2D eigenvalue weighted by Gasteiger charge is -2.28. The van der Waals surface area contributed by atoms with Crippen LogP contribution in [-0.2, 0) is 9.84 Å². The Kier molecular flexibility index (Phi) is 5.78. The first kappa shape index (κ1) is 20.7. The van der Waals surface area contributed by atoms with Gasteiger partial charge < -0.3 is 19.1 Å². The van der Waals surface area contributed by atoms with Crippen molar-refractivity contribution in [2.75, 3.05) is 32.0 Å². The van der Waals surface area contributed by atoms with Crippen LogP contribution < -0.4 is 19.1 Å². The van der Waals surface area contributed by atoms with E-state index < -0.39 is 27.6 Å². The van der Waals surface area contributed by atoms with Crippen LogP contribution in [0.1, 0.15) is 10.4 Å². The molecule has 1 aliphatic heterocycles. The molecular weight excluding hydrogens is 401 g/mol. The van der Waals surface area contributed by atoms with E-state index >= 15 is 0 Å². The first-order chi connectivity index (χ1) is 13.8. The first-order valence-corrected chi connectivity index (χ1v) is 10.3. The van der Waals surface area contributed by atoms with Crippen molar-refractivity contribution >= 4 is 21.4 Å². The number of rotatable bonds is 6. The van der Waals surface area contributed by atoms with Crippen LogP contribution in [0.15, 0.2) is 47.9 Å². The van der Waals surface area contributed by atoms with Gasteiger partial charge in [-0.1, -0.05) is 0 Å². The topological polar surface area (TPSA) is 82.1 Å². The van der Waals surface area contributed by atoms with Gasteiger partial charge in [0.1, 0.15) is 5.82 Å². The number of anilines is 1. The minimum Gasteiger partial charge on any atom is -0.493 e. The smallest absolute Gasteiger partial charge is 0.259 e. The van der Waals surface area contributed by atoms with Gasteiger partial charge in [0.15, 0.2) is 21.3 Å². The summed E-state index contributed by atoms with van der Waals surface area (Å²) in [5, 5.41) is 1.08. The van der Waals surface area contributed by atoms with Gasteiger partial charge >= 0.3 is 0 Å². The molecular formula is C20H20FNO6S. The van der Waals surface area contributed by atoms with Crippen LogP contribution in [0.4, 0.5) is 10.1 Å².